The van der Waals surface area contributed by atoms with Crippen molar-refractivity contribution >= 4 is 34.2 Å². The van der Waals surface area contributed by atoms with E-state index in [4.69, 9.17) is 25.8 Å². The van der Waals surface area contributed by atoms with Gasteiger partial charge in [-0.1, -0.05) is 23.7 Å². The first-order valence-corrected chi connectivity index (χ1v) is 12.5. The van der Waals surface area contributed by atoms with Gasteiger partial charge in [-0.05, 0) is 42.2 Å². The Morgan fingerprint density at radius 1 is 0.974 bits per heavy atom. The zero-order valence-corrected chi connectivity index (χ0v) is 20.8. The summed E-state index contributed by atoms with van der Waals surface area (Å²) < 4.78 is 30.3. The minimum atomic E-state index is -0.997. The van der Waals surface area contributed by atoms with Crippen molar-refractivity contribution in [2.24, 2.45) is 5.41 Å². The fraction of sp³-hybridized carbons (Fsp3) is 0.250. The molecule has 0 radical (unpaired) electrons. The van der Waals surface area contributed by atoms with E-state index in [1.54, 1.807) is 36.5 Å². The summed E-state index contributed by atoms with van der Waals surface area (Å²) in [7, 11) is 0. The molecule has 0 bridgehead atoms. The van der Waals surface area contributed by atoms with Gasteiger partial charge in [0.25, 0.3) is 5.88 Å². The highest BCUT2D eigenvalue weighted by atomic mass is 35.5. The molecule has 0 saturated heterocycles. The monoisotopic (exact) mass is 533 g/mol. The lowest BCUT2D eigenvalue weighted by atomic mass is 9.88. The molecule has 1 aliphatic heterocycles. The lowest BCUT2D eigenvalue weighted by Crippen LogP contribution is -2.29. The fourth-order valence-corrected chi connectivity index (χ4v) is 4.71. The summed E-state index contributed by atoms with van der Waals surface area (Å²) in [6.07, 6.45) is 4.21. The Hall–Kier alpha value is -4.11. The molecular formula is C28H21ClFN3O5. The fourth-order valence-electron chi connectivity index (χ4n) is 4.48. The van der Waals surface area contributed by atoms with Gasteiger partial charge >= 0.3 is 0 Å². The number of ketones is 2. The summed E-state index contributed by atoms with van der Waals surface area (Å²) in [5.41, 5.74) is 1.28. The largest absolute Gasteiger partial charge is 0.484 e. The minimum absolute atomic E-state index is 0.0192. The second-order valence-electron chi connectivity index (χ2n) is 9.31. The van der Waals surface area contributed by atoms with E-state index < -0.39 is 5.41 Å². The minimum Gasteiger partial charge on any atom is -0.484 e. The predicted molar refractivity (Wildman–Crippen MR) is 135 cm³/mol. The van der Waals surface area contributed by atoms with E-state index in [9.17, 15) is 14.0 Å². The predicted octanol–water partition coefficient (Wildman–Crippen LogP) is 5.08. The zero-order valence-electron chi connectivity index (χ0n) is 20.1. The Balaban J connectivity index is 1.17. The molecule has 2 aliphatic rings. The quantitative estimate of drug-likeness (QED) is 0.289. The average Bonchev–Trinajstić information content (AvgIpc) is 3.73. The Kier molecular flexibility index (Phi) is 6.15. The first-order valence-electron chi connectivity index (χ1n) is 12.1. The van der Waals surface area contributed by atoms with Crippen LogP contribution in [0.2, 0.25) is 5.02 Å². The van der Waals surface area contributed by atoms with Crippen molar-refractivity contribution in [2.45, 2.75) is 25.7 Å². The lowest BCUT2D eigenvalue weighted by molar-refractivity contribution is -0.133. The van der Waals surface area contributed by atoms with Crippen molar-refractivity contribution in [3.63, 3.8) is 0 Å². The molecule has 10 heteroatoms. The van der Waals surface area contributed by atoms with Gasteiger partial charge in [-0.15, -0.1) is 0 Å². The van der Waals surface area contributed by atoms with E-state index >= 15 is 0 Å². The van der Waals surface area contributed by atoms with Crippen molar-refractivity contribution in [2.75, 3.05) is 13.2 Å². The number of rotatable bonds is 8. The zero-order chi connectivity index (χ0) is 26.3. The third-order valence-corrected chi connectivity index (χ3v) is 6.99. The van der Waals surface area contributed by atoms with Crippen molar-refractivity contribution in [1.82, 2.24) is 15.0 Å². The summed E-state index contributed by atoms with van der Waals surface area (Å²) >= 11 is 6.46. The lowest BCUT2D eigenvalue weighted by Gasteiger charge is -2.18. The highest BCUT2D eigenvalue weighted by molar-refractivity contribution is 6.32. The molecule has 4 heterocycles. The van der Waals surface area contributed by atoms with Gasteiger partial charge in [-0.3, -0.25) is 14.6 Å². The van der Waals surface area contributed by atoms with E-state index in [0.29, 0.717) is 65.6 Å². The number of hydrogen-bond acceptors (Lipinski definition) is 8. The number of Topliss-reactive ketones (excluding diaryl/α,β-unsaturated/α-hetero) is 2. The first-order chi connectivity index (χ1) is 18.4. The van der Waals surface area contributed by atoms with Crippen LogP contribution in [0.25, 0.3) is 11.0 Å². The van der Waals surface area contributed by atoms with Crippen LogP contribution in [-0.4, -0.2) is 39.7 Å². The molecule has 0 unspecified atom stereocenters. The highest BCUT2D eigenvalue weighted by Gasteiger charge is 2.54. The average molecular weight is 534 g/mol. The molecule has 6 rings (SSSR count). The number of pyridine rings is 3. The smallest absolute Gasteiger partial charge is 0.257 e. The van der Waals surface area contributed by atoms with Gasteiger partial charge in [0.15, 0.2) is 23.1 Å². The van der Waals surface area contributed by atoms with Gasteiger partial charge in [0.1, 0.15) is 29.6 Å². The van der Waals surface area contributed by atoms with E-state index in [2.05, 4.69) is 15.0 Å². The Morgan fingerprint density at radius 3 is 2.45 bits per heavy atom. The first kappa shape index (κ1) is 24.2. The topological polar surface area (TPSA) is 101 Å². The highest BCUT2D eigenvalue weighted by Crippen LogP contribution is 2.49. The Morgan fingerprint density at radius 2 is 1.71 bits per heavy atom. The van der Waals surface area contributed by atoms with Gasteiger partial charge < -0.3 is 14.2 Å². The van der Waals surface area contributed by atoms with Gasteiger partial charge in [0.05, 0.1) is 10.9 Å². The summed E-state index contributed by atoms with van der Waals surface area (Å²) in [4.78, 5) is 39.2. The van der Waals surface area contributed by atoms with Crippen molar-refractivity contribution in [1.29, 1.82) is 0 Å². The molecule has 1 saturated carbocycles. The molecule has 38 heavy (non-hydrogen) atoms. The molecule has 0 spiro atoms. The third-order valence-electron chi connectivity index (χ3n) is 6.72. The maximum atomic E-state index is 13.2. The van der Waals surface area contributed by atoms with Crippen LogP contribution < -0.4 is 14.2 Å². The molecule has 0 amide bonds. The van der Waals surface area contributed by atoms with Crippen LogP contribution >= 0.6 is 11.6 Å². The number of carbonyl (C=O) groups is 2. The van der Waals surface area contributed by atoms with Crippen molar-refractivity contribution < 1.29 is 28.2 Å². The van der Waals surface area contributed by atoms with Crippen LogP contribution in [0.15, 0.2) is 54.9 Å². The van der Waals surface area contributed by atoms with E-state index in [1.807, 2.05) is 0 Å². The summed E-state index contributed by atoms with van der Waals surface area (Å²) in [5.74, 6) is 0.704. The maximum Gasteiger partial charge on any atom is 0.257 e. The Labute approximate surface area is 221 Å². The normalized spacial score (nSPS) is 15.2. The number of nitrogens with zero attached hydrogens (tertiary/aromatic N) is 3. The van der Waals surface area contributed by atoms with Crippen LogP contribution in [0.3, 0.4) is 0 Å². The summed E-state index contributed by atoms with van der Waals surface area (Å²) in [5, 5.41) is 0.209. The van der Waals surface area contributed by atoms with Gasteiger partial charge in [-0.25, -0.2) is 14.4 Å². The van der Waals surface area contributed by atoms with Crippen LogP contribution in [-0.2, 0) is 22.4 Å². The van der Waals surface area contributed by atoms with Crippen molar-refractivity contribution in [3.05, 3.63) is 76.8 Å². The van der Waals surface area contributed by atoms with Crippen LogP contribution in [0.5, 0.6) is 23.3 Å². The number of fused-ring (bicyclic) bond motifs is 2. The third kappa shape index (κ3) is 4.65. The molecule has 1 aliphatic carbocycles. The second-order valence-corrected chi connectivity index (χ2v) is 9.71. The molecule has 4 aromatic rings. The molecular weight excluding hydrogens is 513 g/mol. The van der Waals surface area contributed by atoms with Crippen LogP contribution in [0, 0.1) is 11.2 Å². The van der Waals surface area contributed by atoms with E-state index in [0.717, 1.165) is 0 Å². The van der Waals surface area contributed by atoms with Crippen molar-refractivity contribution in [3.8, 4) is 23.3 Å². The molecule has 1 aromatic carbocycles. The second kappa shape index (κ2) is 9.64. The molecule has 192 valence electrons. The Bertz CT molecular complexity index is 1570. The summed E-state index contributed by atoms with van der Waals surface area (Å²) in [6, 6.07) is 10.7. The standard InChI is InChI=1S/C28H21ClFN3O5/c29-19-11-17(13-24(35)28(6-7-28)23(34)12-16-1-3-18(30)4-2-16)15-32-26(19)38-21-5-8-31-20-14-22-27(33-25(20)21)37-10-9-36-22/h1-5,8,11,14-15H,6-7,9-10,12-13H2. The number of halogens is 2. The number of ether oxygens (including phenoxy) is 3. The molecule has 0 N–H and O–H groups in total. The van der Waals surface area contributed by atoms with E-state index in [-0.39, 0.29) is 41.1 Å². The molecule has 8 nitrogen and oxygen atoms in total. The SMILES string of the molecule is O=C(Cc1ccc(F)cc1)C1(C(=O)Cc2cnc(Oc3ccnc4cc5c(nc34)OCCO5)c(Cl)c2)CC1. The number of benzene rings is 1. The number of carbonyl (C=O) groups excluding carboxylic acids is 2. The maximum absolute atomic E-state index is 13.2. The summed E-state index contributed by atoms with van der Waals surface area (Å²) in [6.45, 7) is 0.836. The molecule has 1 fully saturated rings. The molecule has 0 atom stereocenters. The van der Waals surface area contributed by atoms with Gasteiger partial charge in [0, 0.05) is 37.4 Å². The van der Waals surface area contributed by atoms with Gasteiger partial charge in [-0.2, -0.15) is 0 Å². The van der Waals surface area contributed by atoms with Gasteiger partial charge in [0.2, 0.25) is 5.88 Å². The number of aromatic nitrogens is 3. The number of hydrogen-bond donors (Lipinski definition) is 0. The van der Waals surface area contributed by atoms with Crippen LogP contribution in [0.4, 0.5) is 4.39 Å². The van der Waals surface area contributed by atoms with E-state index in [1.165, 1.54) is 18.3 Å². The van der Waals surface area contributed by atoms with Crippen LogP contribution in [0.1, 0.15) is 24.0 Å². The molecule has 3 aromatic heterocycles.